The quantitative estimate of drug-likeness (QED) is 0.619. The van der Waals surface area contributed by atoms with E-state index in [4.69, 9.17) is 9.47 Å². The molecule has 2 saturated heterocycles. The Balaban J connectivity index is 1.95. The maximum absolute atomic E-state index is 12.8. The lowest BCUT2D eigenvalue weighted by atomic mass is 9.49. The van der Waals surface area contributed by atoms with E-state index in [-0.39, 0.29) is 29.0 Å². The third kappa shape index (κ3) is 0.935. The van der Waals surface area contributed by atoms with Crippen LogP contribution in [0.5, 0.6) is 0 Å². The average Bonchev–Trinajstić information content (AvgIpc) is 2.99. The van der Waals surface area contributed by atoms with Crippen molar-refractivity contribution in [1.29, 1.82) is 0 Å². The summed E-state index contributed by atoms with van der Waals surface area (Å²) in [6, 6.07) is 0. The fraction of sp³-hybridized carbons (Fsp3) is 0.933. The first-order valence-corrected chi connectivity index (χ1v) is 7.24. The van der Waals surface area contributed by atoms with Crippen molar-refractivity contribution in [2.24, 2.45) is 17.3 Å². The van der Waals surface area contributed by atoms with Gasteiger partial charge < -0.3 is 9.47 Å². The Morgan fingerprint density at radius 1 is 1.28 bits per heavy atom. The molecule has 2 aliphatic carbocycles. The van der Waals surface area contributed by atoms with Crippen molar-refractivity contribution in [3.8, 4) is 0 Å². The fourth-order valence-electron chi connectivity index (χ4n) is 5.57. The molecule has 0 aromatic heterocycles. The smallest absolute Gasteiger partial charge is 0.196 e. The number of hydrogen-bond donors (Lipinski definition) is 0. The Morgan fingerprint density at radius 3 is 2.72 bits per heavy atom. The summed E-state index contributed by atoms with van der Waals surface area (Å²) in [6.07, 6.45) is 3.16. The van der Waals surface area contributed by atoms with Gasteiger partial charge in [-0.15, -0.1) is 0 Å². The first kappa shape index (κ1) is 11.4. The molecule has 0 aromatic rings. The maximum Gasteiger partial charge on any atom is 0.196 e. The van der Waals surface area contributed by atoms with E-state index >= 15 is 0 Å². The molecule has 3 heteroatoms. The molecule has 0 unspecified atom stereocenters. The van der Waals surface area contributed by atoms with Crippen LogP contribution < -0.4 is 0 Å². The van der Waals surface area contributed by atoms with Crippen LogP contribution in [0.2, 0.25) is 0 Å². The molecule has 4 rings (SSSR count). The highest BCUT2D eigenvalue weighted by molar-refractivity contribution is 5.97. The SMILES string of the molecule is C[C@@H]1CCC[C@]23OC(C)(C)[C@H]([C@@H]4O[C@@H]4C2=O)[C@@]13C. The first-order valence-electron chi connectivity index (χ1n) is 7.24. The minimum atomic E-state index is -0.559. The molecule has 2 bridgehead atoms. The van der Waals surface area contributed by atoms with Gasteiger partial charge in [-0.1, -0.05) is 13.8 Å². The van der Waals surface area contributed by atoms with Gasteiger partial charge in [0.25, 0.3) is 0 Å². The summed E-state index contributed by atoms with van der Waals surface area (Å²) in [5, 5.41) is 0. The molecule has 18 heavy (non-hydrogen) atoms. The van der Waals surface area contributed by atoms with Crippen LogP contribution in [0.3, 0.4) is 0 Å². The topological polar surface area (TPSA) is 38.8 Å². The van der Waals surface area contributed by atoms with Gasteiger partial charge in [0, 0.05) is 11.3 Å². The van der Waals surface area contributed by atoms with Crippen LogP contribution in [-0.4, -0.2) is 29.2 Å². The maximum atomic E-state index is 12.8. The van der Waals surface area contributed by atoms with E-state index in [1.807, 2.05) is 0 Å². The number of fused-ring (bicyclic) bond motifs is 2. The number of Topliss-reactive ketones (excluding diaryl/α,β-unsaturated/α-hetero) is 1. The molecule has 0 radical (unpaired) electrons. The predicted molar refractivity (Wildman–Crippen MR) is 66.2 cm³/mol. The largest absolute Gasteiger partial charge is 0.361 e. The van der Waals surface area contributed by atoms with E-state index in [0.717, 1.165) is 12.8 Å². The summed E-state index contributed by atoms with van der Waals surface area (Å²) >= 11 is 0. The molecule has 2 saturated carbocycles. The van der Waals surface area contributed by atoms with Crippen LogP contribution >= 0.6 is 0 Å². The van der Waals surface area contributed by atoms with Crippen molar-refractivity contribution in [1.82, 2.24) is 0 Å². The number of carbonyl (C=O) groups is 1. The molecular weight excluding hydrogens is 228 g/mol. The second-order valence-electron chi connectivity index (χ2n) is 7.47. The summed E-state index contributed by atoms with van der Waals surface area (Å²) < 4.78 is 12.2. The molecular formula is C15H22O3. The Hall–Kier alpha value is -0.410. The normalized spacial score (nSPS) is 60.1. The van der Waals surface area contributed by atoms with Gasteiger partial charge in [0.1, 0.15) is 11.7 Å². The molecule has 0 aromatic carbocycles. The highest BCUT2D eigenvalue weighted by Gasteiger charge is 2.81. The van der Waals surface area contributed by atoms with Crippen LogP contribution in [0.15, 0.2) is 0 Å². The van der Waals surface area contributed by atoms with Crippen LogP contribution in [0.25, 0.3) is 0 Å². The van der Waals surface area contributed by atoms with Crippen molar-refractivity contribution in [2.45, 2.75) is 70.4 Å². The molecule has 0 N–H and O–H groups in total. The molecule has 2 aliphatic heterocycles. The number of ether oxygens (including phenoxy) is 2. The minimum Gasteiger partial charge on any atom is -0.361 e. The summed E-state index contributed by atoms with van der Waals surface area (Å²) in [5.41, 5.74) is -0.834. The van der Waals surface area contributed by atoms with Gasteiger partial charge in [0.2, 0.25) is 0 Å². The minimum absolute atomic E-state index is 0.0382. The molecule has 3 nitrogen and oxygen atoms in total. The molecule has 6 atom stereocenters. The second kappa shape index (κ2) is 2.85. The van der Waals surface area contributed by atoms with Crippen LogP contribution in [0.4, 0.5) is 0 Å². The van der Waals surface area contributed by atoms with Crippen LogP contribution in [-0.2, 0) is 14.3 Å². The number of rotatable bonds is 0. The summed E-state index contributed by atoms with van der Waals surface area (Å²) in [5.74, 6) is 1.14. The zero-order chi connectivity index (χ0) is 12.9. The predicted octanol–water partition coefficient (Wildman–Crippen LogP) is 2.33. The lowest BCUT2D eigenvalue weighted by Crippen LogP contribution is -2.62. The second-order valence-corrected chi connectivity index (χ2v) is 7.47. The van der Waals surface area contributed by atoms with Crippen LogP contribution in [0, 0.1) is 17.3 Å². The molecule has 100 valence electrons. The zero-order valence-corrected chi connectivity index (χ0v) is 11.7. The van der Waals surface area contributed by atoms with Crippen molar-refractivity contribution in [3.05, 3.63) is 0 Å². The Bertz CT molecular complexity index is 443. The lowest BCUT2D eigenvalue weighted by molar-refractivity contribution is -0.174. The molecule has 0 spiro atoms. The van der Waals surface area contributed by atoms with Crippen molar-refractivity contribution < 1.29 is 14.3 Å². The van der Waals surface area contributed by atoms with Crippen molar-refractivity contribution in [3.63, 3.8) is 0 Å². The van der Waals surface area contributed by atoms with E-state index in [9.17, 15) is 4.79 Å². The number of epoxide rings is 1. The monoisotopic (exact) mass is 250 g/mol. The van der Waals surface area contributed by atoms with E-state index in [2.05, 4.69) is 27.7 Å². The summed E-state index contributed by atoms with van der Waals surface area (Å²) in [7, 11) is 0. The molecule has 2 heterocycles. The third-order valence-electron chi connectivity index (χ3n) is 6.40. The first-order chi connectivity index (χ1) is 8.34. The van der Waals surface area contributed by atoms with E-state index in [0.29, 0.717) is 11.8 Å². The van der Waals surface area contributed by atoms with Crippen LogP contribution in [0.1, 0.15) is 47.0 Å². The number of hydrogen-bond acceptors (Lipinski definition) is 3. The highest BCUT2D eigenvalue weighted by Crippen LogP contribution is 2.71. The summed E-state index contributed by atoms with van der Waals surface area (Å²) in [6.45, 7) is 8.87. The van der Waals surface area contributed by atoms with Gasteiger partial charge in [-0.25, -0.2) is 0 Å². The molecule has 0 amide bonds. The Morgan fingerprint density at radius 2 is 2.00 bits per heavy atom. The standard InChI is InChI=1S/C15H22O3/c1-8-6-5-7-15-12(16)10-9(17-10)11(14(8,15)4)13(2,3)18-15/h8-11H,5-7H2,1-4H3/t8-,9-,10+,11+,14-,15+/m1/s1. The average molecular weight is 250 g/mol. The van der Waals surface area contributed by atoms with Gasteiger partial charge >= 0.3 is 0 Å². The van der Waals surface area contributed by atoms with Gasteiger partial charge in [0.15, 0.2) is 5.78 Å². The van der Waals surface area contributed by atoms with Gasteiger partial charge in [-0.3, -0.25) is 4.79 Å². The third-order valence-corrected chi connectivity index (χ3v) is 6.40. The van der Waals surface area contributed by atoms with E-state index in [1.54, 1.807) is 0 Å². The van der Waals surface area contributed by atoms with Crippen molar-refractivity contribution >= 4 is 5.78 Å². The lowest BCUT2D eigenvalue weighted by Gasteiger charge is -2.52. The molecule has 4 fully saturated rings. The fourth-order valence-corrected chi connectivity index (χ4v) is 5.57. The Labute approximate surface area is 108 Å². The van der Waals surface area contributed by atoms with E-state index in [1.165, 1.54) is 6.42 Å². The number of carbonyl (C=O) groups excluding carboxylic acids is 1. The highest BCUT2D eigenvalue weighted by atomic mass is 16.6. The van der Waals surface area contributed by atoms with Crippen molar-refractivity contribution in [2.75, 3.05) is 0 Å². The van der Waals surface area contributed by atoms with Gasteiger partial charge in [-0.2, -0.15) is 0 Å². The summed E-state index contributed by atoms with van der Waals surface area (Å²) in [4.78, 5) is 12.8. The van der Waals surface area contributed by atoms with Gasteiger partial charge in [-0.05, 0) is 39.0 Å². The molecule has 4 aliphatic rings. The van der Waals surface area contributed by atoms with Gasteiger partial charge in [0.05, 0.1) is 11.7 Å². The Kier molecular flexibility index (Phi) is 1.81. The zero-order valence-electron chi connectivity index (χ0n) is 11.7. The number of ketones is 1. The van der Waals surface area contributed by atoms with E-state index < -0.39 is 5.60 Å².